The number of carbonyl (C=O) groups excluding carboxylic acids is 3. The topological polar surface area (TPSA) is 99.1 Å². The van der Waals surface area contributed by atoms with Crippen molar-refractivity contribution in [1.29, 1.82) is 0 Å². The number of hydrogen-bond acceptors (Lipinski definition) is 7. The van der Waals surface area contributed by atoms with Gasteiger partial charge in [0.15, 0.2) is 11.5 Å². The second-order valence-corrected chi connectivity index (χ2v) is 12.8. The molecule has 1 N–H and O–H groups in total. The van der Waals surface area contributed by atoms with Gasteiger partial charge in [-0.25, -0.2) is 22.8 Å². The second-order valence-electron chi connectivity index (χ2n) is 12.8. The van der Waals surface area contributed by atoms with Crippen LogP contribution in [-0.4, -0.2) is 53.4 Å². The first-order chi connectivity index (χ1) is 18.6. The summed E-state index contributed by atoms with van der Waals surface area (Å²) in [5.41, 5.74) is -7.50. The minimum absolute atomic E-state index is 0.0195. The zero-order valence-corrected chi connectivity index (χ0v) is 24.1. The molecule has 9 atom stereocenters. The van der Waals surface area contributed by atoms with Gasteiger partial charge in [0.1, 0.15) is 11.9 Å². The van der Waals surface area contributed by atoms with E-state index in [1.54, 1.807) is 13.8 Å². The fraction of sp³-hybridized carbons (Fsp3) is 0.767. The van der Waals surface area contributed by atoms with Crippen molar-refractivity contribution >= 4 is 17.9 Å². The van der Waals surface area contributed by atoms with Crippen LogP contribution >= 0.6 is 0 Å². The predicted molar refractivity (Wildman–Crippen MR) is 139 cm³/mol. The molecule has 0 heterocycles. The first kappa shape index (κ1) is 30.6. The van der Waals surface area contributed by atoms with Crippen molar-refractivity contribution in [2.24, 2.45) is 34.5 Å². The highest BCUT2D eigenvalue weighted by molar-refractivity contribution is 5.93. The largest absolute Gasteiger partial charge is 0.509 e. The van der Waals surface area contributed by atoms with Gasteiger partial charge in [-0.1, -0.05) is 47.1 Å². The molecule has 1 unspecified atom stereocenters. The first-order valence-corrected chi connectivity index (χ1v) is 14.2. The number of halogens is 3. The third-order valence-electron chi connectivity index (χ3n) is 10.5. The molecule has 2 fully saturated rings. The number of hydrogen-bond donors (Lipinski definition) is 1. The molecule has 40 heavy (non-hydrogen) atoms. The molecule has 0 bridgehead atoms. The van der Waals surface area contributed by atoms with E-state index >= 15 is 8.78 Å². The minimum atomic E-state index is -2.37. The SMILES string of the molecule is CCCC(OC(=O)O[C@]1(C(=O)OCF)[C@H](C)C[C@H]2[C@@H]3CC(F)=C4CC(=O)C=C[C@]4(C)[C@@]3(F)[C@@H](O)C[C@@]21C)C(C)C. The Kier molecular flexibility index (Phi) is 8.02. The number of fused-ring (bicyclic) bond motifs is 5. The van der Waals surface area contributed by atoms with Crippen molar-refractivity contribution in [3.8, 4) is 0 Å². The molecule has 0 saturated heterocycles. The normalized spacial score (nSPS) is 41.2. The molecule has 0 aromatic rings. The lowest BCUT2D eigenvalue weighted by atomic mass is 9.45. The number of ketones is 1. The quantitative estimate of drug-likeness (QED) is 0.370. The van der Waals surface area contributed by atoms with E-state index in [0.717, 1.165) is 6.42 Å². The van der Waals surface area contributed by atoms with Crippen LogP contribution in [0.1, 0.15) is 80.1 Å². The van der Waals surface area contributed by atoms with Crippen LogP contribution in [0, 0.1) is 34.5 Å². The van der Waals surface area contributed by atoms with Crippen molar-refractivity contribution in [2.75, 3.05) is 6.86 Å². The molecule has 0 aliphatic heterocycles. The molecule has 0 radical (unpaired) electrons. The molecule has 0 aromatic heterocycles. The first-order valence-electron chi connectivity index (χ1n) is 14.2. The van der Waals surface area contributed by atoms with Crippen molar-refractivity contribution in [1.82, 2.24) is 0 Å². The van der Waals surface area contributed by atoms with Gasteiger partial charge in [0, 0.05) is 35.5 Å². The molecule has 4 aliphatic rings. The molecule has 0 amide bonds. The molecule has 4 aliphatic carbocycles. The van der Waals surface area contributed by atoms with E-state index in [1.807, 2.05) is 20.8 Å². The number of allylic oxidation sites excluding steroid dienone is 4. The van der Waals surface area contributed by atoms with Gasteiger partial charge in [0.25, 0.3) is 0 Å². The van der Waals surface area contributed by atoms with Crippen molar-refractivity contribution in [2.45, 2.75) is 104 Å². The average Bonchev–Trinajstić information content (AvgIpc) is 3.09. The number of alkyl halides is 2. The minimum Gasteiger partial charge on any atom is -0.431 e. The maximum Gasteiger partial charge on any atom is 0.509 e. The predicted octanol–water partition coefficient (Wildman–Crippen LogP) is 6.09. The molecule has 0 spiro atoms. The lowest BCUT2D eigenvalue weighted by molar-refractivity contribution is -0.231. The van der Waals surface area contributed by atoms with Gasteiger partial charge >= 0.3 is 12.1 Å². The van der Waals surface area contributed by atoms with E-state index in [-0.39, 0.29) is 36.5 Å². The Morgan fingerprint density at radius 1 is 1.23 bits per heavy atom. The zero-order valence-electron chi connectivity index (χ0n) is 24.1. The average molecular weight is 571 g/mol. The van der Waals surface area contributed by atoms with Crippen LogP contribution in [0.2, 0.25) is 0 Å². The zero-order chi connectivity index (χ0) is 29.8. The van der Waals surface area contributed by atoms with E-state index in [0.29, 0.717) is 6.42 Å². The van der Waals surface area contributed by atoms with Crippen LogP contribution in [0.3, 0.4) is 0 Å². The molecule has 224 valence electrons. The van der Waals surface area contributed by atoms with E-state index in [4.69, 9.17) is 14.2 Å². The van der Waals surface area contributed by atoms with Gasteiger partial charge in [-0.15, -0.1) is 0 Å². The van der Waals surface area contributed by atoms with Crippen molar-refractivity contribution in [3.05, 3.63) is 23.6 Å². The Morgan fingerprint density at radius 3 is 2.50 bits per heavy atom. The van der Waals surface area contributed by atoms with Gasteiger partial charge < -0.3 is 19.3 Å². The van der Waals surface area contributed by atoms with Crippen molar-refractivity contribution in [3.63, 3.8) is 0 Å². The molecular weight excluding hydrogens is 529 g/mol. The lowest BCUT2D eigenvalue weighted by Crippen LogP contribution is -2.70. The highest BCUT2D eigenvalue weighted by Crippen LogP contribution is 2.71. The van der Waals surface area contributed by atoms with Gasteiger partial charge in [-0.3, -0.25) is 4.79 Å². The van der Waals surface area contributed by atoms with Crippen LogP contribution in [0.15, 0.2) is 23.6 Å². The standard InChI is InChI=1S/C30H41F3O7/c1-7-8-23(16(2)3)39-26(37)40-30(25(36)38-15-31)17(4)11-19-20-13-22(32)21-12-18(34)9-10-27(21,5)29(20,33)24(35)14-28(19,30)6/h9-10,16-17,19-20,23-24,35H,7-8,11-15H2,1-6H3/t17-,19+,20+,23?,24+,27+,28+,29+,30+/m1/s1. The molecule has 4 rings (SSSR count). The highest BCUT2D eigenvalue weighted by atomic mass is 19.1. The van der Waals surface area contributed by atoms with E-state index < -0.39 is 83.3 Å². The van der Waals surface area contributed by atoms with E-state index in [9.17, 15) is 23.9 Å². The number of carbonyl (C=O) groups is 3. The molecular formula is C30H41F3O7. The number of ether oxygens (including phenoxy) is 3. The smallest absolute Gasteiger partial charge is 0.431 e. The summed E-state index contributed by atoms with van der Waals surface area (Å²) in [4.78, 5) is 38.9. The second kappa shape index (κ2) is 10.5. The summed E-state index contributed by atoms with van der Waals surface area (Å²) in [6, 6.07) is 0. The Morgan fingerprint density at radius 2 is 1.90 bits per heavy atom. The number of esters is 1. The lowest BCUT2D eigenvalue weighted by Gasteiger charge is -2.62. The van der Waals surface area contributed by atoms with Gasteiger partial charge in [0.2, 0.25) is 12.5 Å². The maximum absolute atomic E-state index is 17.5. The Labute approximate surface area is 233 Å². The summed E-state index contributed by atoms with van der Waals surface area (Å²) in [6.45, 7) is 8.90. The van der Waals surface area contributed by atoms with Gasteiger partial charge in [-0.05, 0) is 49.7 Å². The Hall–Kier alpha value is -2.36. The fourth-order valence-electron chi connectivity index (χ4n) is 8.44. The summed E-state index contributed by atoms with van der Waals surface area (Å²) >= 11 is 0. The third-order valence-corrected chi connectivity index (χ3v) is 10.5. The molecule has 0 aromatic carbocycles. The maximum atomic E-state index is 17.5. The highest BCUT2D eigenvalue weighted by Gasteiger charge is 2.78. The summed E-state index contributed by atoms with van der Waals surface area (Å²) < 4.78 is 62.8. The molecule has 10 heteroatoms. The van der Waals surface area contributed by atoms with Crippen molar-refractivity contribution < 1.29 is 46.9 Å². The summed E-state index contributed by atoms with van der Waals surface area (Å²) in [7, 11) is 0. The number of aliphatic hydroxyl groups excluding tert-OH is 1. The molecule has 2 saturated carbocycles. The third kappa shape index (κ3) is 4.14. The van der Waals surface area contributed by atoms with Crippen LogP contribution in [0.25, 0.3) is 0 Å². The van der Waals surface area contributed by atoms with E-state index in [2.05, 4.69) is 0 Å². The number of rotatable bonds is 7. The number of aliphatic hydroxyl groups is 1. The van der Waals surface area contributed by atoms with Crippen LogP contribution in [-0.2, 0) is 23.8 Å². The van der Waals surface area contributed by atoms with Crippen LogP contribution in [0.5, 0.6) is 0 Å². The van der Waals surface area contributed by atoms with Gasteiger partial charge in [0.05, 0.1) is 6.10 Å². The monoisotopic (exact) mass is 570 g/mol. The Bertz CT molecular complexity index is 1120. The molecule has 7 nitrogen and oxygen atoms in total. The van der Waals surface area contributed by atoms with Crippen LogP contribution < -0.4 is 0 Å². The van der Waals surface area contributed by atoms with Gasteiger partial charge in [-0.2, -0.15) is 0 Å². The summed E-state index contributed by atoms with van der Waals surface area (Å²) in [5, 5.41) is 11.5. The summed E-state index contributed by atoms with van der Waals surface area (Å²) in [6.07, 6.45) is -0.418. The fourth-order valence-corrected chi connectivity index (χ4v) is 8.44. The van der Waals surface area contributed by atoms with Crippen LogP contribution in [0.4, 0.5) is 18.0 Å². The Balaban J connectivity index is 1.80. The van der Waals surface area contributed by atoms with E-state index in [1.165, 1.54) is 19.1 Å². The summed E-state index contributed by atoms with van der Waals surface area (Å²) in [5.74, 6) is -4.85.